The summed E-state index contributed by atoms with van der Waals surface area (Å²) in [5.41, 5.74) is 3.50. The number of carboxylic acid groups (broad SMARTS) is 1. The van der Waals surface area contributed by atoms with E-state index in [1.165, 1.54) is 16.7 Å². The zero-order valence-electron chi connectivity index (χ0n) is 16.2. The molecule has 0 fully saturated rings. The molecule has 0 spiro atoms. The first kappa shape index (κ1) is 19.0. The van der Waals surface area contributed by atoms with Crippen molar-refractivity contribution in [3.05, 3.63) is 89.7 Å². The lowest BCUT2D eigenvalue weighted by Crippen LogP contribution is -2.00. The van der Waals surface area contributed by atoms with Crippen LogP contribution in [0.2, 0.25) is 0 Å². The van der Waals surface area contributed by atoms with Crippen molar-refractivity contribution in [1.82, 2.24) is 19.7 Å². The highest BCUT2D eigenvalue weighted by Crippen LogP contribution is 2.33. The summed E-state index contributed by atoms with van der Waals surface area (Å²) < 4.78 is 7.63. The molecule has 3 aromatic heterocycles. The molecule has 0 amide bonds. The highest BCUT2D eigenvalue weighted by molar-refractivity contribution is 7.12. The van der Waals surface area contributed by atoms with E-state index in [0.717, 1.165) is 27.7 Å². The van der Waals surface area contributed by atoms with Crippen LogP contribution in [0.3, 0.4) is 0 Å². The normalized spacial score (nSPS) is 11.0. The number of fused-ring (bicyclic) bond motifs is 1. The van der Waals surface area contributed by atoms with E-state index < -0.39 is 5.97 Å². The van der Waals surface area contributed by atoms with Crippen LogP contribution in [0.5, 0.6) is 5.75 Å². The van der Waals surface area contributed by atoms with Crippen molar-refractivity contribution in [3.8, 4) is 22.1 Å². The first-order chi connectivity index (χ1) is 15.2. The lowest BCUT2D eigenvalue weighted by molar-refractivity contribution is 0.0691. The number of benzene rings is 2. The van der Waals surface area contributed by atoms with E-state index in [9.17, 15) is 9.90 Å². The molecule has 0 aliphatic rings. The molecule has 0 atom stereocenters. The van der Waals surface area contributed by atoms with Gasteiger partial charge in [0.1, 0.15) is 18.1 Å². The number of pyridine rings is 1. The van der Waals surface area contributed by atoms with Gasteiger partial charge in [0.25, 0.3) is 0 Å². The summed E-state index contributed by atoms with van der Waals surface area (Å²) in [6.45, 7) is 0.388. The average molecular weight is 428 g/mol. The van der Waals surface area contributed by atoms with Crippen molar-refractivity contribution in [2.45, 2.75) is 6.61 Å². The molecule has 2 aromatic carbocycles. The number of carbonyl (C=O) groups is 1. The molecular weight excluding hydrogens is 412 g/mol. The molecule has 0 bridgehead atoms. The van der Waals surface area contributed by atoms with Crippen LogP contribution >= 0.6 is 11.3 Å². The molecule has 0 radical (unpaired) electrons. The van der Waals surface area contributed by atoms with Crippen LogP contribution in [0.4, 0.5) is 0 Å². The van der Waals surface area contributed by atoms with Gasteiger partial charge in [-0.2, -0.15) is 5.10 Å². The Bertz CT molecular complexity index is 1360. The number of ether oxygens (including phenoxy) is 1. The Labute approximate surface area is 181 Å². The van der Waals surface area contributed by atoms with Gasteiger partial charge in [-0.05, 0) is 18.2 Å². The van der Waals surface area contributed by atoms with Gasteiger partial charge in [0, 0.05) is 40.4 Å². The Morgan fingerprint density at radius 2 is 1.97 bits per heavy atom. The third-order valence-corrected chi connectivity index (χ3v) is 5.54. The van der Waals surface area contributed by atoms with E-state index >= 15 is 0 Å². The largest absolute Gasteiger partial charge is 0.489 e. The summed E-state index contributed by atoms with van der Waals surface area (Å²) in [4.78, 5) is 19.6. The molecule has 31 heavy (non-hydrogen) atoms. The van der Waals surface area contributed by atoms with Crippen LogP contribution in [-0.2, 0) is 6.61 Å². The molecular formula is C23H16N4O3S. The van der Waals surface area contributed by atoms with E-state index in [1.54, 1.807) is 17.1 Å². The highest BCUT2D eigenvalue weighted by atomic mass is 32.1. The van der Waals surface area contributed by atoms with Crippen LogP contribution in [-0.4, -0.2) is 30.8 Å². The fraction of sp³-hybridized carbons (Fsp3) is 0.0435. The molecule has 8 heteroatoms. The Morgan fingerprint density at radius 1 is 1.10 bits per heavy atom. The number of hydrogen-bond donors (Lipinski definition) is 1. The summed E-state index contributed by atoms with van der Waals surface area (Å²) >= 11 is 1.23. The molecule has 1 N–H and O–H groups in total. The number of aromatic carboxylic acids is 1. The fourth-order valence-corrected chi connectivity index (χ4v) is 4.01. The molecule has 5 aromatic rings. The first-order valence-electron chi connectivity index (χ1n) is 9.48. The summed E-state index contributed by atoms with van der Waals surface area (Å²) in [5, 5.41) is 16.9. The number of nitrogens with zero attached hydrogens (tertiary/aromatic N) is 4. The van der Waals surface area contributed by atoms with Gasteiger partial charge in [-0.3, -0.25) is 4.98 Å². The topological polar surface area (TPSA) is 90.1 Å². The third kappa shape index (κ3) is 3.76. The number of hydrogen-bond acceptors (Lipinski definition) is 6. The van der Waals surface area contributed by atoms with Crippen molar-refractivity contribution >= 4 is 28.2 Å². The van der Waals surface area contributed by atoms with Crippen LogP contribution in [0.25, 0.3) is 27.3 Å². The lowest BCUT2D eigenvalue weighted by Gasteiger charge is -2.07. The van der Waals surface area contributed by atoms with Crippen molar-refractivity contribution in [2.24, 2.45) is 0 Å². The molecule has 0 unspecified atom stereocenters. The van der Waals surface area contributed by atoms with E-state index in [-0.39, 0.29) is 5.69 Å². The van der Waals surface area contributed by atoms with Gasteiger partial charge in [0.2, 0.25) is 5.13 Å². The summed E-state index contributed by atoms with van der Waals surface area (Å²) in [6, 6.07) is 19.4. The number of aromatic nitrogens is 4. The fourth-order valence-electron chi connectivity index (χ4n) is 3.25. The summed E-state index contributed by atoms with van der Waals surface area (Å²) in [5.74, 6) is -0.394. The van der Waals surface area contributed by atoms with Gasteiger partial charge in [0.15, 0.2) is 5.69 Å². The van der Waals surface area contributed by atoms with Gasteiger partial charge >= 0.3 is 5.97 Å². The van der Waals surface area contributed by atoms with Crippen molar-refractivity contribution in [1.29, 1.82) is 0 Å². The van der Waals surface area contributed by atoms with Crippen LogP contribution in [0, 0.1) is 0 Å². The second-order valence-electron chi connectivity index (χ2n) is 6.78. The molecule has 7 nitrogen and oxygen atoms in total. The van der Waals surface area contributed by atoms with E-state index in [4.69, 9.17) is 9.84 Å². The monoisotopic (exact) mass is 428 g/mol. The Morgan fingerprint density at radius 3 is 2.71 bits per heavy atom. The van der Waals surface area contributed by atoms with Gasteiger partial charge in [-0.25, -0.2) is 14.5 Å². The van der Waals surface area contributed by atoms with Gasteiger partial charge in [0.05, 0.1) is 5.52 Å². The molecule has 0 aliphatic heterocycles. The number of thiazole rings is 1. The predicted molar refractivity (Wildman–Crippen MR) is 118 cm³/mol. The Kier molecular flexibility index (Phi) is 4.89. The van der Waals surface area contributed by atoms with Gasteiger partial charge in [-0.15, -0.1) is 11.3 Å². The maximum Gasteiger partial charge on any atom is 0.355 e. The minimum absolute atomic E-state index is 0.00565. The molecule has 0 saturated heterocycles. The van der Waals surface area contributed by atoms with Crippen molar-refractivity contribution in [3.63, 3.8) is 0 Å². The second kappa shape index (κ2) is 8.00. The number of carboxylic acids is 1. The van der Waals surface area contributed by atoms with E-state index in [0.29, 0.717) is 17.5 Å². The molecule has 3 heterocycles. The van der Waals surface area contributed by atoms with E-state index in [1.807, 2.05) is 60.7 Å². The smallest absolute Gasteiger partial charge is 0.355 e. The maximum atomic E-state index is 11.3. The van der Waals surface area contributed by atoms with Gasteiger partial charge in [-0.1, -0.05) is 36.4 Å². The first-order valence-corrected chi connectivity index (χ1v) is 10.4. The van der Waals surface area contributed by atoms with Crippen molar-refractivity contribution < 1.29 is 14.6 Å². The zero-order chi connectivity index (χ0) is 21.2. The van der Waals surface area contributed by atoms with Crippen molar-refractivity contribution in [2.75, 3.05) is 0 Å². The summed E-state index contributed by atoms with van der Waals surface area (Å²) in [7, 11) is 0. The molecule has 152 valence electrons. The lowest BCUT2D eigenvalue weighted by atomic mass is 10.1. The molecule has 5 rings (SSSR count). The maximum absolute atomic E-state index is 11.3. The molecule has 0 aliphatic carbocycles. The number of rotatable bonds is 6. The third-order valence-electron chi connectivity index (χ3n) is 4.72. The average Bonchev–Trinajstić information content (AvgIpc) is 3.44. The van der Waals surface area contributed by atoms with Crippen LogP contribution in [0.15, 0.2) is 78.4 Å². The SMILES string of the molecule is O=C(O)c1csc(-n2nc(-c3ccccc3)c3ccc(OCc4cccnc4)cc32)n1. The van der Waals surface area contributed by atoms with Crippen LogP contribution < -0.4 is 4.74 Å². The Balaban J connectivity index is 1.60. The second-order valence-corrected chi connectivity index (χ2v) is 7.61. The summed E-state index contributed by atoms with van der Waals surface area (Å²) in [6.07, 6.45) is 3.48. The standard InChI is InChI=1S/C23H16N4O3S/c28-22(29)19-14-31-23(25-19)27-20-11-17(30-13-15-5-4-10-24-12-15)8-9-18(20)21(26-27)16-6-2-1-3-7-16/h1-12,14H,13H2,(H,28,29). The molecule has 0 saturated carbocycles. The zero-order valence-corrected chi connectivity index (χ0v) is 17.0. The van der Waals surface area contributed by atoms with Gasteiger partial charge < -0.3 is 9.84 Å². The minimum atomic E-state index is -1.07. The van der Waals surface area contributed by atoms with E-state index in [2.05, 4.69) is 9.97 Å². The van der Waals surface area contributed by atoms with Crippen LogP contribution in [0.1, 0.15) is 16.1 Å². The Hall–Kier alpha value is -4.04. The minimum Gasteiger partial charge on any atom is -0.489 e. The predicted octanol–water partition coefficient (Wildman–Crippen LogP) is 4.82. The quantitative estimate of drug-likeness (QED) is 0.417. The highest BCUT2D eigenvalue weighted by Gasteiger charge is 2.18.